The van der Waals surface area contributed by atoms with Gasteiger partial charge in [-0.3, -0.25) is 4.79 Å². The van der Waals surface area contributed by atoms with Crippen molar-refractivity contribution in [3.8, 4) is 0 Å². The molecule has 0 aromatic heterocycles. The van der Waals surface area contributed by atoms with Gasteiger partial charge in [-0.1, -0.05) is 78.3 Å². The average Bonchev–Trinajstić information content (AvgIpc) is 2.89. The summed E-state index contributed by atoms with van der Waals surface area (Å²) in [4.78, 5) is 35.9. The molecule has 8 heteroatoms. The Morgan fingerprint density at radius 3 is 2.57 bits per heavy atom. The second-order valence-electron chi connectivity index (χ2n) is 11.0. The van der Waals surface area contributed by atoms with Crippen molar-refractivity contribution in [1.29, 1.82) is 0 Å². The van der Waals surface area contributed by atoms with Crippen LogP contribution in [0.2, 0.25) is 0 Å². The minimum atomic E-state index is -1.11. The van der Waals surface area contributed by atoms with Crippen LogP contribution in [0.25, 0.3) is 0 Å². The Hall–Kier alpha value is -3.49. The lowest BCUT2D eigenvalue weighted by atomic mass is 9.95. The number of amides is 1. The molecule has 1 heterocycles. The van der Waals surface area contributed by atoms with Crippen LogP contribution in [0.15, 0.2) is 83.6 Å². The van der Waals surface area contributed by atoms with E-state index < -0.39 is 36.5 Å². The third-order valence-corrected chi connectivity index (χ3v) is 6.49. The monoisotopic (exact) mass is 583 g/mol. The van der Waals surface area contributed by atoms with Crippen LogP contribution >= 0.6 is 0 Å². The molecule has 1 amide bonds. The highest BCUT2D eigenvalue weighted by molar-refractivity contribution is 5.91. The highest BCUT2D eigenvalue weighted by atomic mass is 16.6. The Labute approximate surface area is 251 Å². The molecule has 1 rings (SSSR count). The number of primary amides is 1. The standard InChI is InChI=1S/C34H49NO7/c1-24(2)21-29(37)16-12-14-25(3)22-27(5)32-23-26(4)13-8-6-10-17-31(42-34(35)40)30(38)20-19-28(36)15-9-7-11-18-33(39)41-32/h6,8,11-14,18-22,27-28,30-32,36,38H,7,9-10,15-17,23H2,1-5H3,(H2,35,40)/b8-6+,14-12+,18-11+,20-19+,25-22+,26-13+/t27-,28-,30-,31-,32?/m1/s1. The van der Waals surface area contributed by atoms with Crippen molar-refractivity contribution in [2.24, 2.45) is 11.7 Å². The van der Waals surface area contributed by atoms with Gasteiger partial charge in [-0.25, -0.2) is 9.59 Å². The predicted molar refractivity (Wildman–Crippen MR) is 166 cm³/mol. The third kappa shape index (κ3) is 17.4. The van der Waals surface area contributed by atoms with Gasteiger partial charge in [0, 0.05) is 24.8 Å². The van der Waals surface area contributed by atoms with Gasteiger partial charge in [0.15, 0.2) is 5.78 Å². The maximum Gasteiger partial charge on any atom is 0.404 e. The summed E-state index contributed by atoms with van der Waals surface area (Å²) in [6.45, 7) is 9.69. The Morgan fingerprint density at radius 1 is 1.14 bits per heavy atom. The zero-order chi connectivity index (χ0) is 31.5. The Morgan fingerprint density at radius 2 is 1.88 bits per heavy atom. The van der Waals surface area contributed by atoms with Gasteiger partial charge >= 0.3 is 12.1 Å². The summed E-state index contributed by atoms with van der Waals surface area (Å²) in [5.41, 5.74) is 8.12. The number of aliphatic hydroxyl groups is 2. The zero-order valence-corrected chi connectivity index (χ0v) is 25.7. The molecule has 5 atom stereocenters. The summed E-state index contributed by atoms with van der Waals surface area (Å²) in [6, 6.07) is 0. The summed E-state index contributed by atoms with van der Waals surface area (Å²) in [5.74, 6) is -0.474. The Kier molecular flexibility index (Phi) is 17.7. The quantitative estimate of drug-likeness (QED) is 0.142. The van der Waals surface area contributed by atoms with Crippen molar-refractivity contribution in [3.05, 3.63) is 83.6 Å². The summed E-state index contributed by atoms with van der Waals surface area (Å²) >= 11 is 0. The molecule has 0 radical (unpaired) electrons. The number of hydrogen-bond donors (Lipinski definition) is 3. The summed E-state index contributed by atoms with van der Waals surface area (Å²) in [5, 5.41) is 20.7. The average molecular weight is 584 g/mol. The van der Waals surface area contributed by atoms with Crippen LogP contribution in [0.1, 0.15) is 79.6 Å². The van der Waals surface area contributed by atoms with Gasteiger partial charge in [0.25, 0.3) is 0 Å². The molecule has 8 nitrogen and oxygen atoms in total. The van der Waals surface area contributed by atoms with Crippen LogP contribution < -0.4 is 5.73 Å². The van der Waals surface area contributed by atoms with E-state index in [2.05, 4.69) is 0 Å². The minimum absolute atomic E-state index is 0.0507. The minimum Gasteiger partial charge on any atom is -0.458 e. The van der Waals surface area contributed by atoms with Crippen molar-refractivity contribution >= 4 is 17.8 Å². The fourth-order valence-electron chi connectivity index (χ4n) is 4.35. The van der Waals surface area contributed by atoms with Gasteiger partial charge in [-0.05, 0) is 65.9 Å². The van der Waals surface area contributed by atoms with Gasteiger partial charge < -0.3 is 25.4 Å². The van der Waals surface area contributed by atoms with Crippen LogP contribution in [0.4, 0.5) is 4.79 Å². The fourth-order valence-corrected chi connectivity index (χ4v) is 4.35. The molecule has 0 bridgehead atoms. The van der Waals surface area contributed by atoms with E-state index >= 15 is 0 Å². The lowest BCUT2D eigenvalue weighted by molar-refractivity contribution is -0.144. The molecule has 0 spiro atoms. The number of rotatable bonds is 7. The highest BCUT2D eigenvalue weighted by Crippen LogP contribution is 2.21. The number of ketones is 1. The maximum atomic E-state index is 12.7. The van der Waals surface area contributed by atoms with Crippen molar-refractivity contribution in [1.82, 2.24) is 0 Å². The Balaban J connectivity index is 3.09. The molecule has 0 fully saturated rings. The lowest BCUT2D eigenvalue weighted by Gasteiger charge is -2.22. The molecule has 232 valence electrons. The van der Waals surface area contributed by atoms with Crippen molar-refractivity contribution in [2.75, 3.05) is 0 Å². The van der Waals surface area contributed by atoms with Crippen LogP contribution in [-0.4, -0.2) is 52.5 Å². The first-order valence-corrected chi connectivity index (χ1v) is 14.6. The van der Waals surface area contributed by atoms with Crippen LogP contribution in [0, 0.1) is 5.92 Å². The van der Waals surface area contributed by atoms with Crippen molar-refractivity contribution < 1.29 is 34.1 Å². The molecule has 0 saturated heterocycles. The number of aliphatic hydroxyl groups excluding tert-OH is 2. The largest absolute Gasteiger partial charge is 0.458 e. The molecule has 0 aromatic carbocycles. The summed E-state index contributed by atoms with van der Waals surface area (Å²) < 4.78 is 11.0. The van der Waals surface area contributed by atoms with E-state index in [1.165, 1.54) is 18.2 Å². The normalized spacial score (nSPS) is 27.9. The number of ether oxygens (including phenoxy) is 2. The molecular weight excluding hydrogens is 534 g/mol. The van der Waals surface area contributed by atoms with E-state index in [0.29, 0.717) is 44.9 Å². The van der Waals surface area contributed by atoms with E-state index in [9.17, 15) is 24.6 Å². The zero-order valence-electron chi connectivity index (χ0n) is 25.7. The number of carbonyl (C=O) groups excluding carboxylic acids is 3. The van der Waals surface area contributed by atoms with E-state index in [0.717, 1.165) is 16.7 Å². The van der Waals surface area contributed by atoms with Gasteiger partial charge in [0.05, 0.1) is 6.10 Å². The first-order chi connectivity index (χ1) is 19.9. The summed E-state index contributed by atoms with van der Waals surface area (Å²) in [6.07, 6.45) is 18.3. The first-order valence-electron chi connectivity index (χ1n) is 14.6. The van der Waals surface area contributed by atoms with Gasteiger partial charge in [-0.2, -0.15) is 0 Å². The third-order valence-electron chi connectivity index (χ3n) is 6.49. The molecule has 42 heavy (non-hydrogen) atoms. The lowest BCUT2D eigenvalue weighted by Crippen LogP contribution is -2.32. The maximum absolute atomic E-state index is 12.7. The second kappa shape index (κ2) is 20.4. The molecule has 0 aromatic rings. The van der Waals surface area contributed by atoms with E-state index in [-0.39, 0.29) is 11.7 Å². The first kappa shape index (κ1) is 36.5. The van der Waals surface area contributed by atoms with Gasteiger partial charge in [0.2, 0.25) is 0 Å². The molecular formula is C34H49NO7. The molecule has 4 N–H and O–H groups in total. The van der Waals surface area contributed by atoms with Crippen LogP contribution in [0.5, 0.6) is 0 Å². The van der Waals surface area contributed by atoms with Crippen molar-refractivity contribution in [2.45, 2.75) is 104 Å². The van der Waals surface area contributed by atoms with Crippen LogP contribution in [-0.2, 0) is 19.1 Å². The molecule has 1 aliphatic rings. The van der Waals surface area contributed by atoms with E-state index in [1.807, 2.05) is 71.1 Å². The molecule has 1 unspecified atom stereocenters. The van der Waals surface area contributed by atoms with Crippen molar-refractivity contribution in [3.63, 3.8) is 0 Å². The number of hydrogen-bond acceptors (Lipinski definition) is 7. The van der Waals surface area contributed by atoms with Crippen LogP contribution in [0.3, 0.4) is 0 Å². The number of esters is 1. The SMILES string of the molecule is CC(C)=CC(=O)C/C=C/C(C)=C/[C@@H](C)C1C/C(C)=C/C=C/CC[C@@H](OC(N)=O)[C@H](O)/C=C/[C@H](O)CCC/C=C/C(=O)O1. The number of cyclic esters (lactones) is 1. The highest BCUT2D eigenvalue weighted by Gasteiger charge is 2.21. The smallest absolute Gasteiger partial charge is 0.404 e. The molecule has 0 aliphatic carbocycles. The van der Waals surface area contributed by atoms with Gasteiger partial charge in [0.1, 0.15) is 18.3 Å². The Bertz CT molecular complexity index is 1090. The molecule has 1 aliphatic heterocycles. The topological polar surface area (TPSA) is 136 Å². The number of nitrogens with two attached hydrogens (primary N) is 1. The second-order valence-corrected chi connectivity index (χ2v) is 11.0. The van der Waals surface area contributed by atoms with Gasteiger partial charge in [-0.15, -0.1) is 0 Å². The van der Waals surface area contributed by atoms with E-state index in [1.54, 1.807) is 12.2 Å². The predicted octanol–water partition coefficient (Wildman–Crippen LogP) is 6.12. The summed E-state index contributed by atoms with van der Waals surface area (Å²) in [7, 11) is 0. The fraction of sp³-hybridized carbons (Fsp3) is 0.500. The molecule has 0 saturated carbocycles. The number of carbonyl (C=O) groups is 3. The van der Waals surface area contributed by atoms with E-state index in [4.69, 9.17) is 15.2 Å². The number of allylic oxidation sites excluding steroid dienone is 9.